The molecule has 0 unspecified atom stereocenters. The highest BCUT2D eigenvalue weighted by molar-refractivity contribution is 6.29. The monoisotopic (exact) mass is 265 g/mol. The van der Waals surface area contributed by atoms with Crippen molar-refractivity contribution in [2.75, 3.05) is 26.2 Å². The third-order valence-electron chi connectivity index (χ3n) is 3.60. The molecule has 0 spiro atoms. The van der Waals surface area contributed by atoms with Crippen molar-refractivity contribution >= 4 is 17.5 Å². The molecule has 0 bridgehead atoms. The smallest absolute Gasteiger partial charge is 0.272 e. The molecule has 0 N–H and O–H groups in total. The molecule has 2 fully saturated rings. The summed E-state index contributed by atoms with van der Waals surface area (Å²) < 4.78 is 0. The number of amides is 1. The van der Waals surface area contributed by atoms with E-state index in [0.717, 1.165) is 32.2 Å². The van der Waals surface area contributed by atoms with E-state index in [1.54, 1.807) is 18.2 Å². The van der Waals surface area contributed by atoms with Crippen LogP contribution in [-0.4, -0.2) is 52.9 Å². The Hall–Kier alpha value is -1.13. The summed E-state index contributed by atoms with van der Waals surface area (Å²) in [5.41, 5.74) is 0.447. The Kier molecular flexibility index (Phi) is 3.22. The second-order valence-electron chi connectivity index (χ2n) is 4.90. The van der Waals surface area contributed by atoms with E-state index < -0.39 is 0 Å². The van der Waals surface area contributed by atoms with Gasteiger partial charge in [0.25, 0.3) is 5.91 Å². The number of aromatic nitrogens is 1. The number of pyridine rings is 1. The molecule has 1 aromatic rings. The normalized spacial score (nSPS) is 21.1. The lowest BCUT2D eigenvalue weighted by Gasteiger charge is -2.34. The molecule has 5 heteroatoms. The third-order valence-corrected chi connectivity index (χ3v) is 3.81. The Morgan fingerprint density at radius 1 is 1.22 bits per heavy atom. The number of nitrogens with zero attached hydrogens (tertiary/aromatic N) is 3. The predicted molar refractivity (Wildman–Crippen MR) is 69.7 cm³/mol. The van der Waals surface area contributed by atoms with E-state index in [1.807, 2.05) is 4.90 Å². The lowest BCUT2D eigenvalue weighted by molar-refractivity contribution is 0.0621. The summed E-state index contributed by atoms with van der Waals surface area (Å²) in [7, 11) is 0. The molecule has 0 atom stereocenters. The largest absolute Gasteiger partial charge is 0.335 e. The summed E-state index contributed by atoms with van der Waals surface area (Å²) in [4.78, 5) is 20.7. The van der Waals surface area contributed by atoms with Gasteiger partial charge in [0, 0.05) is 32.2 Å². The van der Waals surface area contributed by atoms with Crippen molar-refractivity contribution < 1.29 is 4.79 Å². The number of hydrogen-bond donors (Lipinski definition) is 0. The van der Waals surface area contributed by atoms with Crippen molar-refractivity contribution in [3.63, 3.8) is 0 Å². The van der Waals surface area contributed by atoms with Crippen LogP contribution in [0.3, 0.4) is 0 Å². The molecule has 2 heterocycles. The van der Waals surface area contributed by atoms with Gasteiger partial charge in [-0.3, -0.25) is 9.69 Å². The lowest BCUT2D eigenvalue weighted by atomic mass is 10.2. The van der Waals surface area contributed by atoms with E-state index in [-0.39, 0.29) is 5.91 Å². The van der Waals surface area contributed by atoms with Crippen LogP contribution in [0.2, 0.25) is 5.15 Å². The average molecular weight is 266 g/mol. The van der Waals surface area contributed by atoms with E-state index in [2.05, 4.69) is 9.88 Å². The van der Waals surface area contributed by atoms with Crippen molar-refractivity contribution in [2.45, 2.75) is 18.9 Å². The van der Waals surface area contributed by atoms with Crippen molar-refractivity contribution in [1.29, 1.82) is 0 Å². The minimum atomic E-state index is -0.00653. The Bertz CT molecular complexity index is 453. The van der Waals surface area contributed by atoms with Gasteiger partial charge in [-0.1, -0.05) is 17.7 Å². The predicted octanol–water partition coefficient (Wildman–Crippen LogP) is 1.66. The van der Waals surface area contributed by atoms with Crippen LogP contribution < -0.4 is 0 Å². The number of halogens is 1. The van der Waals surface area contributed by atoms with E-state index in [1.165, 1.54) is 12.8 Å². The fraction of sp³-hybridized carbons (Fsp3) is 0.538. The molecular formula is C13H16ClN3O. The molecular weight excluding hydrogens is 250 g/mol. The first-order chi connectivity index (χ1) is 8.74. The lowest BCUT2D eigenvalue weighted by Crippen LogP contribution is -2.49. The van der Waals surface area contributed by atoms with Crippen molar-refractivity contribution in [1.82, 2.24) is 14.8 Å². The highest BCUT2D eigenvalue weighted by Crippen LogP contribution is 2.27. The van der Waals surface area contributed by atoms with Crippen LogP contribution >= 0.6 is 11.6 Å². The molecule has 4 nitrogen and oxygen atoms in total. The molecule has 96 valence electrons. The van der Waals surface area contributed by atoms with Crippen LogP contribution in [0.4, 0.5) is 0 Å². The summed E-state index contributed by atoms with van der Waals surface area (Å²) in [6, 6.07) is 5.96. The van der Waals surface area contributed by atoms with Crippen molar-refractivity contribution in [3.05, 3.63) is 29.0 Å². The number of hydrogen-bond acceptors (Lipinski definition) is 3. The quantitative estimate of drug-likeness (QED) is 0.763. The Morgan fingerprint density at radius 3 is 2.56 bits per heavy atom. The second kappa shape index (κ2) is 4.86. The van der Waals surface area contributed by atoms with Crippen molar-refractivity contribution in [2.24, 2.45) is 0 Å². The van der Waals surface area contributed by atoms with E-state index in [9.17, 15) is 4.79 Å². The average Bonchev–Trinajstić information content (AvgIpc) is 3.22. The second-order valence-corrected chi connectivity index (χ2v) is 5.29. The van der Waals surface area contributed by atoms with Crippen LogP contribution in [0.5, 0.6) is 0 Å². The van der Waals surface area contributed by atoms with Gasteiger partial charge in [-0.05, 0) is 25.0 Å². The summed E-state index contributed by atoms with van der Waals surface area (Å²) in [6.45, 7) is 3.56. The first-order valence-electron chi connectivity index (χ1n) is 6.40. The minimum absolute atomic E-state index is 0.00653. The first kappa shape index (κ1) is 11.9. The minimum Gasteiger partial charge on any atom is -0.335 e. The number of carbonyl (C=O) groups excluding carboxylic acids is 1. The first-order valence-corrected chi connectivity index (χ1v) is 6.78. The number of carbonyl (C=O) groups is 1. The zero-order chi connectivity index (χ0) is 12.5. The molecule has 1 amide bonds. The topological polar surface area (TPSA) is 36.4 Å². The van der Waals surface area contributed by atoms with Gasteiger partial charge in [-0.15, -0.1) is 0 Å². The number of piperazine rings is 1. The maximum atomic E-state index is 12.2. The fourth-order valence-corrected chi connectivity index (χ4v) is 2.58. The molecule has 1 aliphatic heterocycles. The summed E-state index contributed by atoms with van der Waals surface area (Å²) in [5, 5.41) is 0.373. The van der Waals surface area contributed by atoms with Crippen LogP contribution in [0.25, 0.3) is 0 Å². The molecule has 1 saturated heterocycles. The maximum Gasteiger partial charge on any atom is 0.272 e. The van der Waals surface area contributed by atoms with Gasteiger partial charge in [0.2, 0.25) is 0 Å². The van der Waals surface area contributed by atoms with E-state index >= 15 is 0 Å². The standard InChI is InChI=1S/C13H16ClN3O/c14-12-3-1-2-11(15-12)13(18)17-8-6-16(7-9-17)10-4-5-10/h1-3,10H,4-9H2. The fourth-order valence-electron chi connectivity index (χ4n) is 2.42. The molecule has 1 aliphatic carbocycles. The molecule has 0 aromatic carbocycles. The summed E-state index contributed by atoms with van der Waals surface area (Å²) in [6.07, 6.45) is 2.65. The Labute approximate surface area is 112 Å². The third kappa shape index (κ3) is 2.49. The van der Waals surface area contributed by atoms with Gasteiger partial charge >= 0.3 is 0 Å². The zero-order valence-corrected chi connectivity index (χ0v) is 10.9. The van der Waals surface area contributed by atoms with Crippen LogP contribution in [0, 0.1) is 0 Å². The van der Waals surface area contributed by atoms with Crippen LogP contribution in [-0.2, 0) is 0 Å². The van der Waals surface area contributed by atoms with Crippen molar-refractivity contribution in [3.8, 4) is 0 Å². The molecule has 3 rings (SSSR count). The molecule has 2 aliphatic rings. The van der Waals surface area contributed by atoms with Gasteiger partial charge in [-0.25, -0.2) is 4.98 Å². The van der Waals surface area contributed by atoms with Gasteiger partial charge in [0.05, 0.1) is 0 Å². The number of rotatable bonds is 2. The van der Waals surface area contributed by atoms with Crippen LogP contribution in [0.15, 0.2) is 18.2 Å². The molecule has 1 saturated carbocycles. The highest BCUT2D eigenvalue weighted by Gasteiger charge is 2.32. The molecule has 1 aromatic heterocycles. The summed E-state index contributed by atoms with van der Waals surface area (Å²) in [5.74, 6) is -0.00653. The Balaban J connectivity index is 1.63. The summed E-state index contributed by atoms with van der Waals surface area (Å²) >= 11 is 5.81. The van der Waals surface area contributed by atoms with Gasteiger partial charge in [0.15, 0.2) is 0 Å². The van der Waals surface area contributed by atoms with Gasteiger partial charge in [0.1, 0.15) is 10.8 Å². The van der Waals surface area contributed by atoms with Gasteiger partial charge < -0.3 is 4.90 Å². The van der Waals surface area contributed by atoms with E-state index in [4.69, 9.17) is 11.6 Å². The highest BCUT2D eigenvalue weighted by atomic mass is 35.5. The molecule has 18 heavy (non-hydrogen) atoms. The SMILES string of the molecule is O=C(c1cccc(Cl)n1)N1CCN(C2CC2)CC1. The Morgan fingerprint density at radius 2 is 1.94 bits per heavy atom. The van der Waals surface area contributed by atoms with Gasteiger partial charge in [-0.2, -0.15) is 0 Å². The maximum absolute atomic E-state index is 12.2. The van der Waals surface area contributed by atoms with E-state index in [0.29, 0.717) is 10.8 Å². The zero-order valence-electron chi connectivity index (χ0n) is 10.2. The molecule has 0 radical (unpaired) electrons. The van der Waals surface area contributed by atoms with Crippen LogP contribution in [0.1, 0.15) is 23.3 Å².